The van der Waals surface area contributed by atoms with Crippen molar-refractivity contribution < 1.29 is 14.3 Å². The van der Waals surface area contributed by atoms with Gasteiger partial charge in [-0.1, -0.05) is 35.3 Å². The molecule has 3 aromatic rings. The SMILES string of the molecule is O=C(COc1ccc(Cl)cc1Cl)Nc1ccc2c(c1)CN(C(=O)c1cccs1)CC2. The van der Waals surface area contributed by atoms with Gasteiger partial charge in [0.05, 0.1) is 9.90 Å². The highest BCUT2D eigenvalue weighted by Crippen LogP contribution is 2.28. The fourth-order valence-corrected chi connectivity index (χ4v) is 4.45. The van der Waals surface area contributed by atoms with Crippen molar-refractivity contribution in [3.05, 3.63) is 80.0 Å². The third-order valence-corrected chi connectivity index (χ3v) is 6.16. The van der Waals surface area contributed by atoms with Crippen LogP contribution in [0.5, 0.6) is 5.75 Å². The van der Waals surface area contributed by atoms with Crippen molar-refractivity contribution >= 4 is 52.0 Å². The smallest absolute Gasteiger partial charge is 0.264 e. The number of nitrogens with zero attached hydrogens (tertiary/aromatic N) is 1. The molecule has 154 valence electrons. The van der Waals surface area contributed by atoms with Gasteiger partial charge >= 0.3 is 0 Å². The number of hydrogen-bond acceptors (Lipinski definition) is 4. The van der Waals surface area contributed by atoms with Gasteiger partial charge in [-0.05, 0) is 59.3 Å². The average Bonchev–Trinajstić information content (AvgIpc) is 3.27. The van der Waals surface area contributed by atoms with Crippen molar-refractivity contribution in [1.29, 1.82) is 0 Å². The third-order valence-electron chi connectivity index (χ3n) is 4.77. The van der Waals surface area contributed by atoms with E-state index in [4.69, 9.17) is 27.9 Å². The van der Waals surface area contributed by atoms with Crippen molar-refractivity contribution in [2.24, 2.45) is 0 Å². The molecular formula is C22H18Cl2N2O3S. The van der Waals surface area contributed by atoms with E-state index in [0.29, 0.717) is 34.6 Å². The molecule has 5 nitrogen and oxygen atoms in total. The summed E-state index contributed by atoms with van der Waals surface area (Å²) < 4.78 is 5.47. The number of thiophene rings is 1. The molecule has 8 heteroatoms. The summed E-state index contributed by atoms with van der Waals surface area (Å²) in [7, 11) is 0. The number of rotatable bonds is 5. The van der Waals surface area contributed by atoms with Crippen LogP contribution in [0.15, 0.2) is 53.9 Å². The number of carbonyl (C=O) groups excluding carboxylic acids is 2. The molecule has 0 saturated heterocycles. The first-order valence-electron chi connectivity index (χ1n) is 9.32. The molecule has 0 unspecified atom stereocenters. The number of hydrogen-bond donors (Lipinski definition) is 1. The number of benzene rings is 2. The van der Waals surface area contributed by atoms with Crippen molar-refractivity contribution in [1.82, 2.24) is 4.90 Å². The molecule has 1 aromatic heterocycles. The van der Waals surface area contributed by atoms with Gasteiger partial charge < -0.3 is 15.0 Å². The molecule has 0 saturated carbocycles. The lowest BCUT2D eigenvalue weighted by Crippen LogP contribution is -2.35. The fourth-order valence-electron chi connectivity index (χ4n) is 3.30. The molecule has 4 rings (SSSR count). The molecule has 30 heavy (non-hydrogen) atoms. The molecular weight excluding hydrogens is 443 g/mol. The summed E-state index contributed by atoms with van der Waals surface area (Å²) in [6.07, 6.45) is 0.791. The predicted octanol–water partition coefficient (Wildman–Crippen LogP) is 5.27. The van der Waals surface area contributed by atoms with Crippen LogP contribution in [0.1, 0.15) is 20.8 Å². The average molecular weight is 461 g/mol. The van der Waals surface area contributed by atoms with Crippen LogP contribution in [0.25, 0.3) is 0 Å². The molecule has 0 spiro atoms. The normalized spacial score (nSPS) is 12.9. The zero-order chi connectivity index (χ0) is 21.1. The summed E-state index contributed by atoms with van der Waals surface area (Å²) in [6.45, 7) is 1.03. The molecule has 1 aliphatic heterocycles. The van der Waals surface area contributed by atoms with Gasteiger partial charge in [-0.3, -0.25) is 9.59 Å². The van der Waals surface area contributed by atoms with E-state index in [9.17, 15) is 9.59 Å². The maximum Gasteiger partial charge on any atom is 0.264 e. The lowest BCUT2D eigenvalue weighted by atomic mass is 9.99. The van der Waals surface area contributed by atoms with Gasteiger partial charge in [-0.25, -0.2) is 0 Å². The van der Waals surface area contributed by atoms with Crippen LogP contribution in [0.3, 0.4) is 0 Å². The number of anilines is 1. The number of fused-ring (bicyclic) bond motifs is 1. The Hall–Kier alpha value is -2.54. The molecule has 0 bridgehead atoms. The van der Waals surface area contributed by atoms with Gasteiger partial charge in [0.25, 0.3) is 11.8 Å². The molecule has 0 radical (unpaired) electrons. The lowest BCUT2D eigenvalue weighted by Gasteiger charge is -2.29. The number of amides is 2. The Kier molecular flexibility index (Phi) is 6.27. The summed E-state index contributed by atoms with van der Waals surface area (Å²) >= 11 is 13.4. The first kappa shape index (κ1) is 20.7. The Labute approximate surface area is 188 Å². The van der Waals surface area contributed by atoms with Gasteiger partial charge in [0.15, 0.2) is 6.61 Å². The van der Waals surface area contributed by atoms with Gasteiger partial charge in [0.1, 0.15) is 5.75 Å². The molecule has 0 fully saturated rings. The summed E-state index contributed by atoms with van der Waals surface area (Å²) in [5.41, 5.74) is 2.88. The summed E-state index contributed by atoms with van der Waals surface area (Å²) in [4.78, 5) is 27.5. The highest BCUT2D eigenvalue weighted by molar-refractivity contribution is 7.12. The van der Waals surface area contributed by atoms with E-state index >= 15 is 0 Å². The largest absolute Gasteiger partial charge is 0.482 e. The predicted molar refractivity (Wildman–Crippen MR) is 120 cm³/mol. The molecule has 1 N–H and O–H groups in total. The second-order valence-corrected chi connectivity index (χ2v) is 8.64. The Morgan fingerprint density at radius 2 is 1.97 bits per heavy atom. The Morgan fingerprint density at radius 3 is 2.73 bits per heavy atom. The molecule has 0 atom stereocenters. The molecule has 2 heterocycles. The number of halogens is 2. The lowest BCUT2D eigenvalue weighted by molar-refractivity contribution is -0.118. The van der Waals surface area contributed by atoms with Crippen LogP contribution in [0.2, 0.25) is 10.0 Å². The molecule has 0 aliphatic carbocycles. The summed E-state index contributed by atoms with van der Waals surface area (Å²) in [5.74, 6) is 0.131. The van der Waals surface area contributed by atoms with E-state index in [1.165, 1.54) is 16.9 Å². The summed E-state index contributed by atoms with van der Waals surface area (Å²) in [6, 6.07) is 14.3. The van der Waals surface area contributed by atoms with E-state index in [1.807, 2.05) is 40.6 Å². The quantitative estimate of drug-likeness (QED) is 0.563. The van der Waals surface area contributed by atoms with E-state index in [-0.39, 0.29) is 18.4 Å². The van der Waals surface area contributed by atoms with Gasteiger partial charge in [0.2, 0.25) is 0 Å². The van der Waals surface area contributed by atoms with Crippen molar-refractivity contribution in [3.8, 4) is 5.75 Å². The zero-order valence-corrected chi connectivity index (χ0v) is 18.2. The maximum atomic E-state index is 12.6. The monoisotopic (exact) mass is 460 g/mol. The number of ether oxygens (including phenoxy) is 1. The minimum absolute atomic E-state index is 0.0401. The topological polar surface area (TPSA) is 58.6 Å². The van der Waals surface area contributed by atoms with Crippen LogP contribution in [0, 0.1) is 0 Å². The second-order valence-electron chi connectivity index (χ2n) is 6.85. The number of nitrogens with one attached hydrogen (secondary N) is 1. The van der Waals surface area contributed by atoms with Crippen LogP contribution < -0.4 is 10.1 Å². The van der Waals surface area contributed by atoms with Gasteiger partial charge in [0, 0.05) is 23.8 Å². The van der Waals surface area contributed by atoms with Gasteiger partial charge in [-0.2, -0.15) is 0 Å². The van der Waals surface area contributed by atoms with Crippen molar-refractivity contribution in [2.75, 3.05) is 18.5 Å². The van der Waals surface area contributed by atoms with Crippen molar-refractivity contribution in [3.63, 3.8) is 0 Å². The zero-order valence-electron chi connectivity index (χ0n) is 15.9. The summed E-state index contributed by atoms with van der Waals surface area (Å²) in [5, 5.41) is 5.58. The van der Waals surface area contributed by atoms with E-state index < -0.39 is 0 Å². The first-order chi connectivity index (χ1) is 14.5. The second kappa shape index (κ2) is 9.08. The molecule has 2 amide bonds. The Bertz CT molecular complexity index is 1090. The number of carbonyl (C=O) groups is 2. The molecule has 2 aromatic carbocycles. The minimum atomic E-state index is -0.303. The fraction of sp³-hybridized carbons (Fsp3) is 0.182. The standard InChI is InChI=1S/C22H18Cl2N2O3S/c23-16-4-6-19(18(24)11-16)29-13-21(27)25-17-5-3-14-7-8-26(12-15(14)10-17)22(28)20-2-1-9-30-20/h1-6,9-11H,7-8,12-13H2,(H,25,27). The first-order valence-corrected chi connectivity index (χ1v) is 11.0. The highest BCUT2D eigenvalue weighted by atomic mass is 35.5. The van der Waals surface area contributed by atoms with Gasteiger partial charge in [-0.15, -0.1) is 11.3 Å². The van der Waals surface area contributed by atoms with Crippen LogP contribution in [0.4, 0.5) is 5.69 Å². The highest BCUT2D eigenvalue weighted by Gasteiger charge is 2.22. The van der Waals surface area contributed by atoms with E-state index in [0.717, 1.165) is 16.9 Å². The van der Waals surface area contributed by atoms with Crippen LogP contribution in [-0.4, -0.2) is 29.9 Å². The Balaban J connectivity index is 1.38. The van der Waals surface area contributed by atoms with Crippen LogP contribution in [-0.2, 0) is 17.8 Å². The maximum absolute atomic E-state index is 12.6. The van der Waals surface area contributed by atoms with Crippen molar-refractivity contribution in [2.45, 2.75) is 13.0 Å². The minimum Gasteiger partial charge on any atom is -0.482 e. The molecule has 1 aliphatic rings. The Morgan fingerprint density at radius 1 is 1.10 bits per heavy atom. The van der Waals surface area contributed by atoms with Crippen LogP contribution >= 0.6 is 34.5 Å². The van der Waals surface area contributed by atoms with E-state index in [2.05, 4.69) is 5.32 Å². The van der Waals surface area contributed by atoms with E-state index in [1.54, 1.807) is 18.2 Å². The third kappa shape index (κ3) is 4.78.